The van der Waals surface area contributed by atoms with Gasteiger partial charge in [-0.25, -0.2) is 0 Å². The van der Waals surface area contributed by atoms with E-state index in [4.69, 9.17) is 10.00 Å². The molecule has 2 aromatic carbocycles. The van der Waals surface area contributed by atoms with E-state index < -0.39 is 6.10 Å². The molecule has 1 atom stereocenters. The molecule has 0 aliphatic carbocycles. The maximum atomic E-state index is 9.74. The van der Waals surface area contributed by atoms with Gasteiger partial charge in [-0.2, -0.15) is 5.26 Å². The molecule has 0 aliphatic heterocycles. The summed E-state index contributed by atoms with van der Waals surface area (Å²) in [5, 5.41) is 18.7. The van der Waals surface area contributed by atoms with E-state index >= 15 is 0 Å². The van der Waals surface area contributed by atoms with Crippen LogP contribution in [0.4, 0.5) is 0 Å². The molecule has 0 aromatic heterocycles. The molecule has 0 saturated heterocycles. The van der Waals surface area contributed by atoms with Crippen molar-refractivity contribution in [2.45, 2.75) is 13.0 Å². The molecule has 4 heteroatoms. The van der Waals surface area contributed by atoms with E-state index in [2.05, 4.69) is 22.0 Å². The number of benzene rings is 2. The summed E-state index contributed by atoms with van der Waals surface area (Å²) in [7, 11) is 0. The second-order valence-electron chi connectivity index (χ2n) is 4.07. The van der Waals surface area contributed by atoms with E-state index in [1.807, 2.05) is 24.3 Å². The number of rotatable bonds is 3. The molecule has 0 fully saturated rings. The number of para-hydroxylation sites is 1. The van der Waals surface area contributed by atoms with Crippen molar-refractivity contribution >= 4 is 15.9 Å². The molecule has 2 rings (SSSR count). The van der Waals surface area contributed by atoms with Crippen LogP contribution in [0.2, 0.25) is 0 Å². The fourth-order valence-electron chi connectivity index (χ4n) is 1.68. The first-order chi connectivity index (χ1) is 9.11. The predicted molar refractivity (Wildman–Crippen MR) is 76.0 cm³/mol. The monoisotopic (exact) mass is 317 g/mol. The van der Waals surface area contributed by atoms with Gasteiger partial charge in [0.2, 0.25) is 0 Å². The number of hydrogen-bond donors (Lipinski definition) is 1. The Morgan fingerprint density at radius 3 is 2.58 bits per heavy atom. The molecule has 0 saturated carbocycles. The summed E-state index contributed by atoms with van der Waals surface area (Å²) in [4.78, 5) is 0. The number of nitriles is 1. The average molecular weight is 318 g/mol. The van der Waals surface area contributed by atoms with Crippen LogP contribution in [-0.4, -0.2) is 5.11 Å². The molecule has 0 bridgehead atoms. The molecule has 0 radical (unpaired) electrons. The lowest BCUT2D eigenvalue weighted by molar-refractivity contribution is 0.195. The summed E-state index contributed by atoms with van der Waals surface area (Å²) in [5.41, 5.74) is 1.14. The van der Waals surface area contributed by atoms with E-state index in [0.717, 1.165) is 4.47 Å². The lowest BCUT2D eigenvalue weighted by atomic mass is 10.1. The molecule has 3 nitrogen and oxygen atoms in total. The summed E-state index contributed by atoms with van der Waals surface area (Å²) in [6, 6.07) is 14.5. The number of aliphatic hydroxyl groups is 1. The first kappa shape index (κ1) is 13.6. The van der Waals surface area contributed by atoms with Crippen LogP contribution in [0.15, 0.2) is 46.9 Å². The normalized spacial score (nSPS) is 11.7. The van der Waals surface area contributed by atoms with E-state index in [1.165, 1.54) is 0 Å². The largest absolute Gasteiger partial charge is 0.456 e. The Bertz CT molecular complexity index is 632. The van der Waals surface area contributed by atoms with Crippen molar-refractivity contribution in [3.8, 4) is 17.6 Å². The van der Waals surface area contributed by atoms with Gasteiger partial charge >= 0.3 is 0 Å². The van der Waals surface area contributed by atoms with Gasteiger partial charge in [-0.1, -0.05) is 18.2 Å². The summed E-state index contributed by atoms with van der Waals surface area (Å²) in [6.45, 7) is 1.66. The lowest BCUT2D eigenvalue weighted by Crippen LogP contribution is -1.97. The molecule has 1 N–H and O–H groups in total. The molecule has 0 amide bonds. The first-order valence-corrected chi connectivity index (χ1v) is 6.55. The Morgan fingerprint density at radius 1 is 1.21 bits per heavy atom. The van der Waals surface area contributed by atoms with Crippen LogP contribution in [0.1, 0.15) is 24.2 Å². The Labute approximate surface area is 120 Å². The van der Waals surface area contributed by atoms with Crippen LogP contribution < -0.4 is 4.74 Å². The molecule has 0 heterocycles. The van der Waals surface area contributed by atoms with E-state index in [1.54, 1.807) is 25.1 Å². The molecule has 0 spiro atoms. The van der Waals surface area contributed by atoms with Crippen molar-refractivity contribution < 1.29 is 9.84 Å². The van der Waals surface area contributed by atoms with Gasteiger partial charge in [0.05, 0.1) is 22.2 Å². The summed E-state index contributed by atoms with van der Waals surface area (Å²) in [5.74, 6) is 1.13. The lowest BCUT2D eigenvalue weighted by Gasteiger charge is -2.14. The molecule has 96 valence electrons. The quantitative estimate of drug-likeness (QED) is 0.924. The van der Waals surface area contributed by atoms with Crippen molar-refractivity contribution in [1.29, 1.82) is 5.26 Å². The second kappa shape index (κ2) is 5.87. The van der Waals surface area contributed by atoms with Crippen LogP contribution in [0.25, 0.3) is 0 Å². The zero-order valence-corrected chi connectivity index (χ0v) is 11.9. The number of aliphatic hydroxyl groups excluding tert-OH is 1. The van der Waals surface area contributed by atoms with Crippen molar-refractivity contribution in [2.24, 2.45) is 0 Å². The van der Waals surface area contributed by atoms with Crippen molar-refractivity contribution in [2.75, 3.05) is 0 Å². The highest BCUT2D eigenvalue weighted by molar-refractivity contribution is 9.10. The van der Waals surface area contributed by atoms with Gasteiger partial charge in [0.15, 0.2) is 0 Å². The minimum atomic E-state index is -0.662. The smallest absolute Gasteiger partial charge is 0.141 e. The Hall–Kier alpha value is -1.83. The standard InChI is InChI=1S/C15H12BrNO2/c1-10(18)12-7-6-11(9-17)8-15(12)19-14-5-3-2-4-13(14)16/h2-8,10,18H,1H3/t10-/m0/s1. The molecular formula is C15H12BrNO2. The number of ether oxygens (including phenoxy) is 1. The SMILES string of the molecule is C[C@H](O)c1ccc(C#N)cc1Oc1ccccc1Br. The van der Waals surface area contributed by atoms with Crippen molar-refractivity contribution in [3.05, 3.63) is 58.1 Å². The van der Waals surface area contributed by atoms with Gasteiger partial charge < -0.3 is 9.84 Å². The van der Waals surface area contributed by atoms with Gasteiger partial charge in [-0.05, 0) is 47.1 Å². The summed E-state index contributed by atoms with van der Waals surface area (Å²) in [6.07, 6.45) is -0.662. The maximum absolute atomic E-state index is 9.74. The second-order valence-corrected chi connectivity index (χ2v) is 4.93. The fraction of sp³-hybridized carbons (Fsp3) is 0.133. The van der Waals surface area contributed by atoms with Crippen molar-refractivity contribution in [3.63, 3.8) is 0 Å². The zero-order chi connectivity index (χ0) is 13.8. The van der Waals surface area contributed by atoms with Gasteiger partial charge in [0.25, 0.3) is 0 Å². The van der Waals surface area contributed by atoms with Gasteiger partial charge in [0.1, 0.15) is 11.5 Å². The fourth-order valence-corrected chi connectivity index (χ4v) is 2.05. The molecule has 2 aromatic rings. The first-order valence-electron chi connectivity index (χ1n) is 5.76. The van der Waals surface area contributed by atoms with Crippen LogP contribution in [0.5, 0.6) is 11.5 Å². The number of nitrogens with zero attached hydrogens (tertiary/aromatic N) is 1. The van der Waals surface area contributed by atoms with Crippen LogP contribution in [-0.2, 0) is 0 Å². The third kappa shape index (κ3) is 3.14. The topological polar surface area (TPSA) is 53.2 Å². The minimum absolute atomic E-state index is 0.487. The van der Waals surface area contributed by atoms with Crippen LogP contribution in [0.3, 0.4) is 0 Å². The van der Waals surface area contributed by atoms with E-state index in [9.17, 15) is 5.11 Å². The molecule has 19 heavy (non-hydrogen) atoms. The predicted octanol–water partition coefficient (Wildman–Crippen LogP) is 4.17. The third-order valence-electron chi connectivity index (χ3n) is 2.65. The third-order valence-corrected chi connectivity index (χ3v) is 3.30. The van der Waals surface area contributed by atoms with Crippen LogP contribution >= 0.6 is 15.9 Å². The van der Waals surface area contributed by atoms with Crippen LogP contribution in [0, 0.1) is 11.3 Å². The summed E-state index contributed by atoms with van der Waals surface area (Å²) >= 11 is 3.40. The maximum Gasteiger partial charge on any atom is 0.141 e. The van der Waals surface area contributed by atoms with Crippen molar-refractivity contribution in [1.82, 2.24) is 0 Å². The highest BCUT2D eigenvalue weighted by Gasteiger charge is 2.12. The summed E-state index contributed by atoms with van der Waals surface area (Å²) < 4.78 is 6.60. The highest BCUT2D eigenvalue weighted by atomic mass is 79.9. The number of hydrogen-bond acceptors (Lipinski definition) is 3. The minimum Gasteiger partial charge on any atom is -0.456 e. The molecule has 0 aliphatic rings. The zero-order valence-electron chi connectivity index (χ0n) is 10.3. The van der Waals surface area contributed by atoms with Gasteiger partial charge in [-0.3, -0.25) is 0 Å². The number of halogens is 1. The van der Waals surface area contributed by atoms with E-state index in [0.29, 0.717) is 22.6 Å². The van der Waals surface area contributed by atoms with Gasteiger partial charge in [0, 0.05) is 5.56 Å². The Balaban J connectivity index is 2.44. The Morgan fingerprint density at radius 2 is 1.95 bits per heavy atom. The highest BCUT2D eigenvalue weighted by Crippen LogP contribution is 2.34. The average Bonchev–Trinajstić information content (AvgIpc) is 2.41. The molecule has 0 unspecified atom stereocenters. The van der Waals surface area contributed by atoms with E-state index in [-0.39, 0.29) is 0 Å². The van der Waals surface area contributed by atoms with Gasteiger partial charge in [-0.15, -0.1) is 0 Å². The molecular weight excluding hydrogens is 306 g/mol. The Kier molecular flexibility index (Phi) is 4.20.